The molecule has 2 rings (SSSR count). The largest absolute Gasteiger partial charge is 0.321 e. The van der Waals surface area contributed by atoms with Crippen molar-refractivity contribution in [2.45, 2.75) is 50.5 Å². The summed E-state index contributed by atoms with van der Waals surface area (Å²) in [7, 11) is 0. The molecule has 1 nitrogen and oxygen atoms in total. The summed E-state index contributed by atoms with van der Waals surface area (Å²) in [5, 5.41) is 0. The fourth-order valence-electron chi connectivity index (χ4n) is 2.65. The topological polar surface area (TPSA) is 26.0 Å². The molecule has 0 saturated heterocycles. The minimum atomic E-state index is -2.52. The Morgan fingerprint density at radius 1 is 1.12 bits per heavy atom. The Labute approximate surface area is 101 Å². The molecule has 17 heavy (non-hydrogen) atoms. The van der Waals surface area contributed by atoms with Crippen molar-refractivity contribution in [2.24, 2.45) is 5.73 Å². The summed E-state index contributed by atoms with van der Waals surface area (Å²) in [6.45, 7) is 2.07. The van der Waals surface area contributed by atoms with Crippen LogP contribution in [-0.4, -0.2) is 5.92 Å². The molecule has 1 aliphatic rings. The normalized spacial score (nSPS) is 22.4. The smallest absolute Gasteiger partial charge is 0.248 e. The maximum Gasteiger partial charge on any atom is 0.248 e. The van der Waals surface area contributed by atoms with Crippen LogP contribution in [0.2, 0.25) is 0 Å². The van der Waals surface area contributed by atoms with Crippen LogP contribution in [-0.2, 0) is 12.0 Å². The molecule has 0 unspecified atom stereocenters. The van der Waals surface area contributed by atoms with Crippen LogP contribution in [0.5, 0.6) is 0 Å². The van der Waals surface area contributed by atoms with Crippen molar-refractivity contribution < 1.29 is 8.78 Å². The van der Waals surface area contributed by atoms with Crippen molar-refractivity contribution in [3.8, 4) is 0 Å². The maximum absolute atomic E-state index is 13.2. The zero-order valence-electron chi connectivity index (χ0n) is 10.2. The SMILES string of the molecule is CCc1ccccc1C1(N)CCC(F)(F)CC1. The molecule has 0 aliphatic heterocycles. The number of aryl methyl sites for hydroxylation is 1. The first kappa shape index (κ1) is 12.5. The van der Waals surface area contributed by atoms with Crippen LogP contribution in [0.3, 0.4) is 0 Å². The number of halogens is 2. The van der Waals surface area contributed by atoms with Gasteiger partial charge in [-0.3, -0.25) is 0 Å². The summed E-state index contributed by atoms with van der Waals surface area (Å²) in [6, 6.07) is 7.94. The van der Waals surface area contributed by atoms with Crippen LogP contribution >= 0.6 is 0 Å². The van der Waals surface area contributed by atoms with Crippen LogP contribution in [0.1, 0.15) is 43.7 Å². The summed E-state index contributed by atoms with van der Waals surface area (Å²) in [5.41, 5.74) is 8.02. The molecule has 0 atom stereocenters. The van der Waals surface area contributed by atoms with Crippen LogP contribution < -0.4 is 5.73 Å². The Balaban J connectivity index is 2.27. The van der Waals surface area contributed by atoms with Gasteiger partial charge in [-0.25, -0.2) is 8.78 Å². The number of nitrogens with two attached hydrogens (primary N) is 1. The molecule has 0 aromatic heterocycles. The first-order valence-corrected chi connectivity index (χ1v) is 6.22. The number of rotatable bonds is 2. The number of benzene rings is 1. The molecule has 0 bridgehead atoms. The molecule has 3 heteroatoms. The standard InChI is InChI=1S/C14H19F2N/c1-2-11-5-3-4-6-12(11)13(17)7-9-14(15,16)10-8-13/h3-6H,2,7-10,17H2,1H3. The molecular formula is C14H19F2N. The molecule has 94 valence electrons. The highest BCUT2D eigenvalue weighted by Crippen LogP contribution is 2.43. The first-order valence-electron chi connectivity index (χ1n) is 6.22. The third-order valence-corrected chi connectivity index (χ3v) is 3.81. The first-order chi connectivity index (χ1) is 7.97. The van der Waals surface area contributed by atoms with E-state index in [0.29, 0.717) is 12.8 Å². The average Bonchev–Trinajstić information content (AvgIpc) is 2.33. The molecule has 2 N–H and O–H groups in total. The third-order valence-electron chi connectivity index (χ3n) is 3.81. The van der Waals surface area contributed by atoms with E-state index in [0.717, 1.165) is 12.0 Å². The fourth-order valence-corrected chi connectivity index (χ4v) is 2.65. The second-order valence-electron chi connectivity index (χ2n) is 5.02. The van der Waals surface area contributed by atoms with Crippen molar-refractivity contribution in [3.05, 3.63) is 35.4 Å². The molecule has 1 aromatic rings. The highest BCUT2D eigenvalue weighted by molar-refractivity contribution is 5.34. The molecule has 0 amide bonds. The van der Waals surface area contributed by atoms with Gasteiger partial charge in [0.2, 0.25) is 5.92 Å². The van der Waals surface area contributed by atoms with Gasteiger partial charge in [0.15, 0.2) is 0 Å². The molecule has 1 fully saturated rings. The van der Waals surface area contributed by atoms with E-state index in [4.69, 9.17) is 5.73 Å². The lowest BCUT2D eigenvalue weighted by molar-refractivity contribution is -0.0515. The van der Waals surface area contributed by atoms with Crippen molar-refractivity contribution in [1.29, 1.82) is 0 Å². The van der Waals surface area contributed by atoms with E-state index in [1.807, 2.05) is 24.3 Å². The van der Waals surface area contributed by atoms with Crippen molar-refractivity contribution in [3.63, 3.8) is 0 Å². The van der Waals surface area contributed by atoms with Gasteiger partial charge in [-0.1, -0.05) is 31.2 Å². The Hall–Kier alpha value is -0.960. The molecule has 1 aliphatic carbocycles. The van der Waals surface area contributed by atoms with Crippen molar-refractivity contribution in [1.82, 2.24) is 0 Å². The van der Waals surface area contributed by atoms with E-state index in [1.54, 1.807) is 0 Å². The van der Waals surface area contributed by atoms with Gasteiger partial charge < -0.3 is 5.73 Å². The zero-order chi connectivity index (χ0) is 12.5. The van der Waals surface area contributed by atoms with Gasteiger partial charge in [0.05, 0.1) is 0 Å². The zero-order valence-corrected chi connectivity index (χ0v) is 10.2. The van der Waals surface area contributed by atoms with Gasteiger partial charge in [0.1, 0.15) is 0 Å². The van der Waals surface area contributed by atoms with Crippen LogP contribution in [0.25, 0.3) is 0 Å². The molecule has 0 heterocycles. The minimum absolute atomic E-state index is 0.0957. The van der Waals surface area contributed by atoms with Crippen molar-refractivity contribution >= 4 is 0 Å². The Bertz CT molecular complexity index is 391. The third kappa shape index (κ3) is 2.49. The Kier molecular flexibility index (Phi) is 3.21. The van der Waals surface area contributed by atoms with Gasteiger partial charge in [-0.05, 0) is 30.4 Å². The Morgan fingerprint density at radius 3 is 2.29 bits per heavy atom. The molecule has 1 saturated carbocycles. The predicted octanol–water partition coefficient (Wildman–Crippen LogP) is 3.61. The van der Waals surface area contributed by atoms with Gasteiger partial charge in [-0.2, -0.15) is 0 Å². The second-order valence-corrected chi connectivity index (χ2v) is 5.02. The number of alkyl halides is 2. The van der Waals surface area contributed by atoms with E-state index in [-0.39, 0.29) is 12.8 Å². The van der Waals surface area contributed by atoms with E-state index in [1.165, 1.54) is 5.56 Å². The molecule has 0 spiro atoms. The minimum Gasteiger partial charge on any atom is -0.321 e. The van der Waals surface area contributed by atoms with E-state index in [2.05, 4.69) is 6.92 Å². The van der Waals surface area contributed by atoms with E-state index in [9.17, 15) is 8.78 Å². The quantitative estimate of drug-likeness (QED) is 0.838. The Morgan fingerprint density at radius 2 is 1.71 bits per heavy atom. The number of hydrogen-bond acceptors (Lipinski definition) is 1. The van der Waals surface area contributed by atoms with Gasteiger partial charge in [0, 0.05) is 18.4 Å². The summed E-state index contributed by atoms with van der Waals surface area (Å²) < 4.78 is 26.4. The lowest BCUT2D eigenvalue weighted by Crippen LogP contribution is -2.44. The summed E-state index contributed by atoms with van der Waals surface area (Å²) in [6.07, 6.45) is 1.45. The molecule has 0 radical (unpaired) electrons. The van der Waals surface area contributed by atoms with Crippen LogP contribution in [0.4, 0.5) is 8.78 Å². The second kappa shape index (κ2) is 4.37. The maximum atomic E-state index is 13.2. The molecular weight excluding hydrogens is 220 g/mol. The monoisotopic (exact) mass is 239 g/mol. The highest BCUT2D eigenvalue weighted by atomic mass is 19.3. The van der Waals surface area contributed by atoms with Gasteiger partial charge in [-0.15, -0.1) is 0 Å². The summed E-state index contributed by atoms with van der Waals surface area (Å²) in [5.74, 6) is -2.52. The summed E-state index contributed by atoms with van der Waals surface area (Å²) >= 11 is 0. The molecule has 1 aromatic carbocycles. The van der Waals surface area contributed by atoms with Crippen molar-refractivity contribution in [2.75, 3.05) is 0 Å². The predicted molar refractivity (Wildman–Crippen MR) is 65.1 cm³/mol. The summed E-state index contributed by atoms with van der Waals surface area (Å²) in [4.78, 5) is 0. The number of hydrogen-bond donors (Lipinski definition) is 1. The lowest BCUT2D eigenvalue weighted by Gasteiger charge is -2.38. The average molecular weight is 239 g/mol. The van der Waals surface area contributed by atoms with Gasteiger partial charge in [0.25, 0.3) is 0 Å². The highest BCUT2D eigenvalue weighted by Gasteiger charge is 2.42. The lowest BCUT2D eigenvalue weighted by atomic mass is 9.74. The fraction of sp³-hybridized carbons (Fsp3) is 0.571. The van der Waals surface area contributed by atoms with Crippen LogP contribution in [0.15, 0.2) is 24.3 Å². The van der Waals surface area contributed by atoms with E-state index < -0.39 is 11.5 Å². The van der Waals surface area contributed by atoms with Crippen LogP contribution in [0, 0.1) is 0 Å². The van der Waals surface area contributed by atoms with Gasteiger partial charge >= 0.3 is 0 Å². The van der Waals surface area contributed by atoms with E-state index >= 15 is 0 Å².